The van der Waals surface area contributed by atoms with Crippen LogP contribution in [-0.4, -0.2) is 23.5 Å². The Morgan fingerprint density at radius 1 is 1.46 bits per heavy atom. The first-order valence-corrected chi connectivity index (χ1v) is 4.26. The van der Waals surface area contributed by atoms with Crippen LogP contribution in [0.4, 0.5) is 0 Å². The van der Waals surface area contributed by atoms with E-state index in [2.05, 4.69) is 5.32 Å². The van der Waals surface area contributed by atoms with Gasteiger partial charge in [0.15, 0.2) is 0 Å². The smallest absolute Gasteiger partial charge is 0.322 e. The number of unbranched alkanes of at least 4 members (excludes halogenated alkanes) is 1. The van der Waals surface area contributed by atoms with Crippen molar-refractivity contribution in [2.75, 3.05) is 6.54 Å². The van der Waals surface area contributed by atoms with Gasteiger partial charge in [-0.05, 0) is 19.8 Å². The van der Waals surface area contributed by atoms with E-state index in [9.17, 15) is 9.59 Å². The van der Waals surface area contributed by atoms with Crippen LogP contribution in [0.5, 0.6) is 0 Å². The molecule has 0 heterocycles. The second-order valence-corrected chi connectivity index (χ2v) is 2.63. The molecular formula is C9H15NO3. The highest BCUT2D eigenvalue weighted by molar-refractivity contribution is 5.80. The maximum Gasteiger partial charge on any atom is 0.322 e. The Labute approximate surface area is 77.6 Å². The molecule has 0 fully saturated rings. The molecule has 4 heteroatoms. The van der Waals surface area contributed by atoms with E-state index in [1.807, 2.05) is 19.1 Å². The van der Waals surface area contributed by atoms with Gasteiger partial charge in [0.25, 0.3) is 0 Å². The quantitative estimate of drug-likeness (QED) is 0.478. The van der Waals surface area contributed by atoms with Crippen molar-refractivity contribution in [2.24, 2.45) is 0 Å². The Balaban J connectivity index is 3.35. The van der Waals surface area contributed by atoms with Gasteiger partial charge in [-0.25, -0.2) is 0 Å². The summed E-state index contributed by atoms with van der Waals surface area (Å²) in [6.07, 6.45) is 5.91. The third-order valence-electron chi connectivity index (χ3n) is 1.45. The molecule has 74 valence electrons. The van der Waals surface area contributed by atoms with Gasteiger partial charge >= 0.3 is 5.97 Å². The van der Waals surface area contributed by atoms with Gasteiger partial charge in [0.05, 0.1) is 0 Å². The predicted molar refractivity (Wildman–Crippen MR) is 49.3 cm³/mol. The SMILES string of the molecule is C/C=C/CCCC(=O)NCC(=O)O. The number of allylic oxidation sites excluding steroid dienone is 2. The van der Waals surface area contributed by atoms with E-state index in [-0.39, 0.29) is 12.5 Å². The van der Waals surface area contributed by atoms with Gasteiger partial charge in [-0.3, -0.25) is 9.59 Å². The zero-order chi connectivity index (χ0) is 10.1. The lowest BCUT2D eigenvalue weighted by molar-refractivity contribution is -0.137. The van der Waals surface area contributed by atoms with Gasteiger partial charge in [-0.2, -0.15) is 0 Å². The van der Waals surface area contributed by atoms with Crippen molar-refractivity contribution in [1.82, 2.24) is 5.32 Å². The number of carboxylic acid groups (broad SMARTS) is 1. The molecule has 13 heavy (non-hydrogen) atoms. The molecule has 2 N–H and O–H groups in total. The third-order valence-corrected chi connectivity index (χ3v) is 1.45. The minimum absolute atomic E-state index is 0.202. The van der Waals surface area contributed by atoms with Crippen molar-refractivity contribution >= 4 is 11.9 Å². The van der Waals surface area contributed by atoms with E-state index >= 15 is 0 Å². The summed E-state index contributed by atoms with van der Waals surface area (Å²) in [5.41, 5.74) is 0. The molecule has 4 nitrogen and oxygen atoms in total. The fraction of sp³-hybridized carbons (Fsp3) is 0.556. The molecule has 0 rings (SSSR count). The van der Waals surface area contributed by atoms with Crippen LogP contribution in [0.2, 0.25) is 0 Å². The Hall–Kier alpha value is -1.32. The Kier molecular flexibility index (Phi) is 6.59. The minimum atomic E-state index is -1.01. The first-order valence-electron chi connectivity index (χ1n) is 4.26. The number of hydrogen-bond acceptors (Lipinski definition) is 2. The summed E-state index contributed by atoms with van der Waals surface area (Å²) in [5.74, 6) is -1.21. The second-order valence-electron chi connectivity index (χ2n) is 2.63. The lowest BCUT2D eigenvalue weighted by atomic mass is 10.2. The first kappa shape index (κ1) is 11.7. The standard InChI is InChI=1S/C9H15NO3/c1-2-3-4-5-6-8(11)10-7-9(12)13/h2-3H,4-7H2,1H3,(H,10,11)(H,12,13)/b3-2+. The van der Waals surface area contributed by atoms with Crippen LogP contribution in [0.1, 0.15) is 26.2 Å². The number of rotatable bonds is 6. The van der Waals surface area contributed by atoms with Crippen molar-refractivity contribution in [3.8, 4) is 0 Å². The summed E-state index contributed by atoms with van der Waals surface area (Å²) >= 11 is 0. The average molecular weight is 185 g/mol. The molecule has 1 amide bonds. The molecule has 0 aromatic rings. The number of hydrogen-bond donors (Lipinski definition) is 2. The average Bonchev–Trinajstić information content (AvgIpc) is 2.09. The summed E-state index contributed by atoms with van der Waals surface area (Å²) < 4.78 is 0. The molecule has 0 atom stereocenters. The van der Waals surface area contributed by atoms with E-state index in [1.54, 1.807) is 0 Å². The zero-order valence-corrected chi connectivity index (χ0v) is 7.75. The van der Waals surface area contributed by atoms with E-state index in [1.165, 1.54) is 0 Å². The molecule has 0 aromatic heterocycles. The van der Waals surface area contributed by atoms with Crippen LogP contribution in [0.25, 0.3) is 0 Å². The predicted octanol–water partition coefficient (Wildman–Crippen LogP) is 0.934. The molecule has 0 saturated heterocycles. The van der Waals surface area contributed by atoms with Crippen LogP contribution in [0, 0.1) is 0 Å². The van der Waals surface area contributed by atoms with Gasteiger partial charge in [0, 0.05) is 6.42 Å². The molecule has 0 bridgehead atoms. The summed E-state index contributed by atoms with van der Waals surface area (Å²) in [5, 5.41) is 10.5. The molecular weight excluding hydrogens is 170 g/mol. The number of nitrogens with one attached hydrogen (secondary N) is 1. The summed E-state index contributed by atoms with van der Waals surface area (Å²) in [6, 6.07) is 0. The Bertz CT molecular complexity index is 199. The van der Waals surface area contributed by atoms with Crippen LogP contribution < -0.4 is 5.32 Å². The summed E-state index contributed by atoms with van der Waals surface area (Å²) in [4.78, 5) is 21.0. The van der Waals surface area contributed by atoms with E-state index < -0.39 is 5.97 Å². The van der Waals surface area contributed by atoms with Crippen molar-refractivity contribution in [3.63, 3.8) is 0 Å². The number of carbonyl (C=O) groups excluding carboxylic acids is 1. The highest BCUT2D eigenvalue weighted by Crippen LogP contribution is 1.95. The van der Waals surface area contributed by atoms with Gasteiger partial charge in [0.1, 0.15) is 6.54 Å². The van der Waals surface area contributed by atoms with Crippen LogP contribution in [0.3, 0.4) is 0 Å². The maximum atomic E-state index is 10.9. The van der Waals surface area contributed by atoms with Crippen molar-refractivity contribution in [3.05, 3.63) is 12.2 Å². The van der Waals surface area contributed by atoms with Gasteiger partial charge in [-0.15, -0.1) is 0 Å². The fourth-order valence-electron chi connectivity index (χ4n) is 0.810. The van der Waals surface area contributed by atoms with E-state index in [4.69, 9.17) is 5.11 Å². The minimum Gasteiger partial charge on any atom is -0.480 e. The lowest BCUT2D eigenvalue weighted by Gasteiger charge is -1.99. The Morgan fingerprint density at radius 3 is 2.69 bits per heavy atom. The largest absolute Gasteiger partial charge is 0.480 e. The molecule has 0 saturated carbocycles. The van der Waals surface area contributed by atoms with Crippen molar-refractivity contribution < 1.29 is 14.7 Å². The van der Waals surface area contributed by atoms with E-state index in [0.717, 1.165) is 12.8 Å². The lowest BCUT2D eigenvalue weighted by Crippen LogP contribution is -2.28. The highest BCUT2D eigenvalue weighted by atomic mass is 16.4. The van der Waals surface area contributed by atoms with Crippen LogP contribution >= 0.6 is 0 Å². The van der Waals surface area contributed by atoms with Crippen LogP contribution in [0.15, 0.2) is 12.2 Å². The summed E-state index contributed by atoms with van der Waals surface area (Å²) in [6.45, 7) is 1.63. The number of aliphatic carboxylic acids is 1. The number of carboxylic acids is 1. The molecule has 0 unspecified atom stereocenters. The second kappa shape index (κ2) is 7.34. The monoisotopic (exact) mass is 185 g/mol. The normalized spacial score (nSPS) is 10.2. The Morgan fingerprint density at radius 2 is 2.15 bits per heavy atom. The molecule has 0 aliphatic heterocycles. The highest BCUT2D eigenvalue weighted by Gasteiger charge is 2.01. The maximum absolute atomic E-state index is 10.9. The topological polar surface area (TPSA) is 66.4 Å². The van der Waals surface area contributed by atoms with Gasteiger partial charge in [-0.1, -0.05) is 12.2 Å². The van der Waals surface area contributed by atoms with Gasteiger partial charge in [0.2, 0.25) is 5.91 Å². The fourth-order valence-corrected chi connectivity index (χ4v) is 0.810. The van der Waals surface area contributed by atoms with Crippen molar-refractivity contribution in [2.45, 2.75) is 26.2 Å². The first-order chi connectivity index (χ1) is 6.16. The zero-order valence-electron chi connectivity index (χ0n) is 7.75. The summed E-state index contributed by atoms with van der Waals surface area (Å²) in [7, 11) is 0. The molecule has 0 aromatic carbocycles. The molecule has 0 radical (unpaired) electrons. The molecule has 0 aliphatic carbocycles. The van der Waals surface area contributed by atoms with Gasteiger partial charge < -0.3 is 10.4 Å². The van der Waals surface area contributed by atoms with E-state index in [0.29, 0.717) is 6.42 Å². The molecule has 0 aliphatic rings. The molecule has 0 spiro atoms. The van der Waals surface area contributed by atoms with Crippen molar-refractivity contribution in [1.29, 1.82) is 0 Å². The third kappa shape index (κ3) is 8.59. The number of carbonyl (C=O) groups is 2. The number of amides is 1. The van der Waals surface area contributed by atoms with Crippen LogP contribution in [-0.2, 0) is 9.59 Å².